The van der Waals surface area contributed by atoms with Crippen molar-refractivity contribution in [2.75, 3.05) is 13.7 Å². The lowest BCUT2D eigenvalue weighted by Gasteiger charge is -2.37. The first-order valence-electron chi connectivity index (χ1n) is 6.87. The number of ether oxygens (including phenoxy) is 1. The summed E-state index contributed by atoms with van der Waals surface area (Å²) in [6.07, 6.45) is 3.72. The van der Waals surface area contributed by atoms with Crippen molar-refractivity contribution in [1.29, 1.82) is 0 Å². The summed E-state index contributed by atoms with van der Waals surface area (Å²) >= 11 is 0. The summed E-state index contributed by atoms with van der Waals surface area (Å²) in [4.78, 5) is 0. The highest BCUT2D eigenvalue weighted by Gasteiger charge is 2.44. The number of methoxy groups -OCH3 is 1. The fraction of sp³-hybridized carbons (Fsp3) is 0.600. The lowest BCUT2D eigenvalue weighted by atomic mass is 9.86. The summed E-state index contributed by atoms with van der Waals surface area (Å²) in [5.41, 5.74) is -0.396. The topological polar surface area (TPSA) is 21.3 Å². The van der Waals surface area contributed by atoms with Gasteiger partial charge in [-0.05, 0) is 31.5 Å². The average molecular weight is 269 g/mol. The third kappa shape index (κ3) is 2.65. The van der Waals surface area contributed by atoms with Gasteiger partial charge in [-0.2, -0.15) is 0 Å². The normalized spacial score (nSPS) is 19.6. The Balaban J connectivity index is 2.45. The molecule has 1 fully saturated rings. The molecule has 1 aliphatic rings. The van der Waals surface area contributed by atoms with E-state index < -0.39 is 23.3 Å². The highest BCUT2D eigenvalue weighted by atomic mass is 19.1. The van der Waals surface area contributed by atoms with Gasteiger partial charge in [-0.25, -0.2) is 8.78 Å². The molecule has 19 heavy (non-hydrogen) atoms. The molecule has 0 heterocycles. The first kappa shape index (κ1) is 14.4. The Morgan fingerprint density at radius 1 is 1.26 bits per heavy atom. The van der Waals surface area contributed by atoms with Crippen LogP contribution in [0.3, 0.4) is 0 Å². The van der Waals surface area contributed by atoms with E-state index in [1.807, 2.05) is 6.92 Å². The van der Waals surface area contributed by atoms with E-state index in [0.29, 0.717) is 6.54 Å². The quantitative estimate of drug-likeness (QED) is 0.882. The van der Waals surface area contributed by atoms with Gasteiger partial charge in [-0.1, -0.05) is 25.8 Å². The number of rotatable bonds is 5. The second kappa shape index (κ2) is 5.97. The van der Waals surface area contributed by atoms with E-state index in [-0.39, 0.29) is 5.56 Å². The van der Waals surface area contributed by atoms with Crippen LogP contribution in [0.2, 0.25) is 0 Å². The van der Waals surface area contributed by atoms with Crippen LogP contribution in [0.4, 0.5) is 8.78 Å². The second-order valence-corrected chi connectivity index (χ2v) is 5.10. The van der Waals surface area contributed by atoms with Gasteiger partial charge in [0.25, 0.3) is 0 Å². The zero-order valence-corrected chi connectivity index (χ0v) is 11.5. The van der Waals surface area contributed by atoms with Gasteiger partial charge in [0, 0.05) is 12.7 Å². The Morgan fingerprint density at radius 2 is 1.84 bits per heavy atom. The van der Waals surface area contributed by atoms with E-state index in [2.05, 4.69) is 5.32 Å². The molecule has 1 aromatic rings. The van der Waals surface area contributed by atoms with Crippen LogP contribution >= 0.6 is 0 Å². The molecule has 2 rings (SSSR count). The highest BCUT2D eigenvalue weighted by Crippen LogP contribution is 2.43. The van der Waals surface area contributed by atoms with Crippen LogP contribution in [-0.2, 0) is 4.74 Å². The molecule has 0 spiro atoms. The molecule has 0 bridgehead atoms. The van der Waals surface area contributed by atoms with Gasteiger partial charge >= 0.3 is 0 Å². The van der Waals surface area contributed by atoms with Crippen LogP contribution in [0, 0.1) is 11.6 Å². The minimum absolute atomic E-state index is 0.105. The van der Waals surface area contributed by atoms with Crippen LogP contribution in [-0.4, -0.2) is 19.3 Å². The van der Waals surface area contributed by atoms with Gasteiger partial charge in [0.05, 0.1) is 11.6 Å². The molecule has 106 valence electrons. The molecular formula is C15H21F2NO. The third-order valence-electron chi connectivity index (χ3n) is 4.08. The van der Waals surface area contributed by atoms with E-state index in [9.17, 15) is 8.78 Å². The molecule has 4 heteroatoms. The zero-order valence-electron chi connectivity index (χ0n) is 11.5. The van der Waals surface area contributed by atoms with Crippen molar-refractivity contribution in [3.05, 3.63) is 35.4 Å². The number of benzene rings is 1. The number of hydrogen-bond acceptors (Lipinski definition) is 2. The number of halogens is 2. The van der Waals surface area contributed by atoms with Crippen molar-refractivity contribution in [1.82, 2.24) is 5.32 Å². The number of likely N-dealkylation sites (N-methyl/N-ethyl adjacent to an activating group) is 1. The van der Waals surface area contributed by atoms with E-state index in [1.54, 1.807) is 7.11 Å². The Kier molecular flexibility index (Phi) is 4.53. The molecule has 1 saturated carbocycles. The maximum absolute atomic E-state index is 14.0. The van der Waals surface area contributed by atoms with Crippen LogP contribution in [0.25, 0.3) is 0 Å². The molecule has 1 unspecified atom stereocenters. The van der Waals surface area contributed by atoms with Crippen LogP contribution in [0.5, 0.6) is 0 Å². The van der Waals surface area contributed by atoms with E-state index in [0.717, 1.165) is 25.7 Å². The van der Waals surface area contributed by atoms with Crippen molar-refractivity contribution < 1.29 is 13.5 Å². The van der Waals surface area contributed by atoms with Gasteiger partial charge in [0.15, 0.2) is 0 Å². The molecule has 0 saturated heterocycles. The molecule has 1 atom stereocenters. The summed E-state index contributed by atoms with van der Waals surface area (Å²) in [5.74, 6) is -1.01. The fourth-order valence-corrected chi connectivity index (χ4v) is 3.13. The summed E-state index contributed by atoms with van der Waals surface area (Å²) in [5, 5.41) is 3.21. The molecule has 0 aromatic heterocycles. The SMILES string of the molecule is CCNC(c1c(F)cccc1F)C1(OC)CCCC1. The third-order valence-corrected chi connectivity index (χ3v) is 4.08. The maximum Gasteiger partial charge on any atom is 0.131 e. The molecule has 0 radical (unpaired) electrons. The summed E-state index contributed by atoms with van der Waals surface area (Å²) in [6.45, 7) is 2.58. The Labute approximate surface area is 113 Å². The average Bonchev–Trinajstić information content (AvgIpc) is 2.87. The monoisotopic (exact) mass is 269 g/mol. The first-order valence-corrected chi connectivity index (χ1v) is 6.87. The number of nitrogens with one attached hydrogen (secondary N) is 1. The van der Waals surface area contributed by atoms with E-state index in [4.69, 9.17) is 4.74 Å². The summed E-state index contributed by atoms with van der Waals surface area (Å²) < 4.78 is 33.8. The minimum atomic E-state index is -0.505. The standard InChI is InChI=1S/C15H21F2NO/c1-3-18-14(15(19-2)9-4-5-10-15)13-11(16)7-6-8-12(13)17/h6-8,14,18H,3-5,9-10H2,1-2H3. The molecule has 0 amide bonds. The smallest absolute Gasteiger partial charge is 0.131 e. The lowest BCUT2D eigenvalue weighted by molar-refractivity contribution is -0.0381. The van der Waals surface area contributed by atoms with Crippen LogP contribution in [0.1, 0.15) is 44.2 Å². The Hall–Kier alpha value is -1.00. The first-order chi connectivity index (χ1) is 9.14. The number of hydrogen-bond donors (Lipinski definition) is 1. The van der Waals surface area contributed by atoms with E-state index in [1.165, 1.54) is 18.2 Å². The zero-order chi connectivity index (χ0) is 13.9. The largest absolute Gasteiger partial charge is 0.376 e. The van der Waals surface area contributed by atoms with Crippen LogP contribution < -0.4 is 5.32 Å². The van der Waals surface area contributed by atoms with Gasteiger partial charge < -0.3 is 10.1 Å². The van der Waals surface area contributed by atoms with Crippen molar-refractivity contribution >= 4 is 0 Å². The van der Waals surface area contributed by atoms with Crippen molar-refractivity contribution in [3.8, 4) is 0 Å². The van der Waals surface area contributed by atoms with Gasteiger partial charge in [-0.3, -0.25) is 0 Å². The van der Waals surface area contributed by atoms with Crippen molar-refractivity contribution in [2.45, 2.75) is 44.2 Å². The molecular weight excluding hydrogens is 248 g/mol. The predicted molar refractivity (Wildman–Crippen MR) is 71.0 cm³/mol. The molecule has 2 nitrogen and oxygen atoms in total. The van der Waals surface area contributed by atoms with Crippen molar-refractivity contribution in [3.63, 3.8) is 0 Å². The van der Waals surface area contributed by atoms with Crippen LogP contribution in [0.15, 0.2) is 18.2 Å². The Morgan fingerprint density at radius 3 is 2.32 bits per heavy atom. The molecule has 1 aliphatic carbocycles. The molecule has 0 aliphatic heterocycles. The predicted octanol–water partition coefficient (Wildman–Crippen LogP) is 3.57. The van der Waals surface area contributed by atoms with Crippen molar-refractivity contribution in [2.24, 2.45) is 0 Å². The van der Waals surface area contributed by atoms with E-state index >= 15 is 0 Å². The minimum Gasteiger partial charge on any atom is -0.376 e. The summed E-state index contributed by atoms with van der Waals surface area (Å²) in [7, 11) is 1.63. The molecule has 1 aromatic carbocycles. The summed E-state index contributed by atoms with van der Waals surface area (Å²) in [6, 6.07) is 3.57. The Bertz CT molecular complexity index is 410. The van der Waals surface area contributed by atoms with Gasteiger partial charge in [-0.15, -0.1) is 0 Å². The van der Waals surface area contributed by atoms with Gasteiger partial charge in [0.1, 0.15) is 11.6 Å². The van der Waals surface area contributed by atoms with Gasteiger partial charge in [0.2, 0.25) is 0 Å². The highest BCUT2D eigenvalue weighted by molar-refractivity contribution is 5.27. The lowest BCUT2D eigenvalue weighted by Crippen LogP contribution is -2.44. The second-order valence-electron chi connectivity index (χ2n) is 5.10. The fourth-order valence-electron chi connectivity index (χ4n) is 3.13. The molecule has 1 N–H and O–H groups in total. The maximum atomic E-state index is 14.0.